The van der Waals surface area contributed by atoms with Crippen molar-refractivity contribution in [2.75, 3.05) is 18.8 Å². The molecule has 1 atom stereocenters. The average molecular weight is 350 g/mol. The van der Waals surface area contributed by atoms with Crippen LogP contribution < -0.4 is 5.73 Å². The lowest BCUT2D eigenvalue weighted by Gasteiger charge is -2.17. The molecule has 0 spiro atoms. The second-order valence-corrected chi connectivity index (χ2v) is 6.69. The summed E-state index contributed by atoms with van der Waals surface area (Å²) in [6.45, 7) is 1.28. The molecule has 0 radical (unpaired) electrons. The second kappa shape index (κ2) is 6.71. The third-order valence-corrected chi connectivity index (χ3v) is 4.83. The Morgan fingerprint density at radius 3 is 2.96 bits per heavy atom. The number of halogens is 1. The van der Waals surface area contributed by atoms with Crippen molar-refractivity contribution in [3.8, 4) is 0 Å². The summed E-state index contributed by atoms with van der Waals surface area (Å²) in [5.74, 6) is 0.377. The first kappa shape index (κ1) is 16.4. The van der Waals surface area contributed by atoms with E-state index in [0.717, 1.165) is 29.6 Å². The molecular formula is C20H19FN4O. The number of rotatable bonds is 3. The summed E-state index contributed by atoms with van der Waals surface area (Å²) in [6, 6.07) is 12.1. The topological polar surface area (TPSA) is 72.1 Å². The van der Waals surface area contributed by atoms with E-state index in [1.54, 1.807) is 11.0 Å². The Morgan fingerprint density at radius 1 is 1.27 bits per heavy atom. The number of nitrogens with two attached hydrogens (primary N) is 1. The minimum Gasteiger partial charge on any atom is -0.396 e. The molecule has 0 aliphatic carbocycles. The van der Waals surface area contributed by atoms with Gasteiger partial charge in [-0.3, -0.25) is 4.79 Å². The van der Waals surface area contributed by atoms with Crippen LogP contribution in [0.4, 0.5) is 10.1 Å². The molecule has 26 heavy (non-hydrogen) atoms. The normalized spacial score (nSPS) is 17.0. The van der Waals surface area contributed by atoms with E-state index in [9.17, 15) is 9.18 Å². The molecule has 2 heterocycles. The highest BCUT2D eigenvalue weighted by molar-refractivity contribution is 5.94. The van der Waals surface area contributed by atoms with Gasteiger partial charge in [-0.2, -0.15) is 0 Å². The minimum atomic E-state index is -0.559. The van der Waals surface area contributed by atoms with Gasteiger partial charge in [-0.15, -0.1) is 0 Å². The summed E-state index contributed by atoms with van der Waals surface area (Å²) < 4.78 is 13.6. The van der Waals surface area contributed by atoms with Crippen molar-refractivity contribution in [2.45, 2.75) is 12.8 Å². The Morgan fingerprint density at radius 2 is 2.12 bits per heavy atom. The van der Waals surface area contributed by atoms with Crippen molar-refractivity contribution >= 4 is 22.5 Å². The summed E-state index contributed by atoms with van der Waals surface area (Å²) in [4.78, 5) is 23.4. The fraction of sp³-hybridized carbons (Fsp3) is 0.250. The molecule has 2 N–H and O–H groups in total. The molecule has 1 amide bonds. The number of hydrogen-bond donors (Lipinski definition) is 1. The van der Waals surface area contributed by atoms with Crippen LogP contribution in [-0.4, -0.2) is 33.9 Å². The average Bonchev–Trinajstić information content (AvgIpc) is 3.12. The van der Waals surface area contributed by atoms with Crippen LogP contribution >= 0.6 is 0 Å². The van der Waals surface area contributed by atoms with Crippen molar-refractivity contribution in [1.82, 2.24) is 14.9 Å². The van der Waals surface area contributed by atoms with Gasteiger partial charge in [0.05, 0.1) is 11.2 Å². The molecule has 1 aliphatic heterocycles. The van der Waals surface area contributed by atoms with Crippen LogP contribution in [0.3, 0.4) is 0 Å². The molecule has 0 bridgehead atoms. The zero-order chi connectivity index (χ0) is 18.1. The number of fused-ring (bicyclic) bond motifs is 1. The van der Waals surface area contributed by atoms with Crippen molar-refractivity contribution in [1.29, 1.82) is 0 Å². The Balaban J connectivity index is 1.44. The van der Waals surface area contributed by atoms with E-state index in [4.69, 9.17) is 5.73 Å². The molecule has 6 heteroatoms. The van der Waals surface area contributed by atoms with Crippen LogP contribution in [0.25, 0.3) is 10.9 Å². The van der Waals surface area contributed by atoms with Gasteiger partial charge >= 0.3 is 0 Å². The first-order chi connectivity index (χ1) is 12.6. The predicted octanol–water partition coefficient (Wildman–Crippen LogP) is 3.06. The zero-order valence-electron chi connectivity index (χ0n) is 14.2. The first-order valence-corrected chi connectivity index (χ1v) is 8.65. The summed E-state index contributed by atoms with van der Waals surface area (Å²) in [5, 5.41) is 1.02. The molecule has 2 aromatic carbocycles. The van der Waals surface area contributed by atoms with E-state index >= 15 is 0 Å². The van der Waals surface area contributed by atoms with Crippen LogP contribution in [0.15, 0.2) is 48.7 Å². The standard InChI is InChI=1S/C20H19FN4O/c21-16-10-14(5-6-17(16)22)20(26)25-8-7-13(12-25)9-19-23-11-15-3-1-2-4-18(15)24-19/h1-6,10-11,13H,7-9,12,22H2/t13-/m0/s1. The van der Waals surface area contributed by atoms with Crippen LogP contribution in [0.2, 0.25) is 0 Å². The third-order valence-electron chi connectivity index (χ3n) is 4.83. The summed E-state index contributed by atoms with van der Waals surface area (Å²) in [7, 11) is 0. The number of hydrogen-bond acceptors (Lipinski definition) is 4. The number of para-hydroxylation sites is 1. The highest BCUT2D eigenvalue weighted by Gasteiger charge is 2.28. The van der Waals surface area contributed by atoms with Gasteiger partial charge in [0, 0.05) is 36.7 Å². The van der Waals surface area contributed by atoms with Crippen molar-refractivity contribution in [3.63, 3.8) is 0 Å². The first-order valence-electron chi connectivity index (χ1n) is 8.65. The lowest BCUT2D eigenvalue weighted by atomic mass is 10.0. The van der Waals surface area contributed by atoms with Crippen molar-refractivity contribution in [3.05, 3.63) is 65.9 Å². The van der Waals surface area contributed by atoms with Gasteiger partial charge in [-0.1, -0.05) is 18.2 Å². The molecule has 132 valence electrons. The number of amides is 1. The fourth-order valence-electron chi connectivity index (χ4n) is 3.39. The molecule has 1 aromatic heterocycles. The number of anilines is 1. The van der Waals surface area contributed by atoms with E-state index in [-0.39, 0.29) is 11.6 Å². The third kappa shape index (κ3) is 3.22. The molecule has 1 saturated heterocycles. The molecule has 0 unspecified atom stereocenters. The lowest BCUT2D eigenvalue weighted by molar-refractivity contribution is 0.0786. The molecule has 3 aromatic rings. The maximum atomic E-state index is 13.6. The second-order valence-electron chi connectivity index (χ2n) is 6.69. The molecule has 4 rings (SSSR count). The van der Waals surface area contributed by atoms with Gasteiger partial charge in [-0.05, 0) is 36.6 Å². The van der Waals surface area contributed by atoms with Crippen LogP contribution in [0.5, 0.6) is 0 Å². The molecule has 5 nitrogen and oxygen atoms in total. The number of nitrogen functional groups attached to an aromatic ring is 1. The zero-order valence-corrected chi connectivity index (χ0v) is 14.2. The summed E-state index contributed by atoms with van der Waals surface area (Å²) in [5.41, 5.74) is 6.79. The SMILES string of the molecule is Nc1ccc(C(=O)N2CC[C@@H](Cc3ncc4ccccc4n3)C2)cc1F. The van der Waals surface area contributed by atoms with E-state index in [2.05, 4.69) is 9.97 Å². The maximum Gasteiger partial charge on any atom is 0.253 e. The Hall–Kier alpha value is -3.02. The number of carbonyl (C=O) groups excluding carboxylic acids is 1. The molecule has 1 aliphatic rings. The predicted molar refractivity (Wildman–Crippen MR) is 98.1 cm³/mol. The Kier molecular flexibility index (Phi) is 4.24. The quantitative estimate of drug-likeness (QED) is 0.737. The van der Waals surface area contributed by atoms with E-state index < -0.39 is 5.82 Å². The summed E-state index contributed by atoms with van der Waals surface area (Å²) in [6.07, 6.45) is 3.46. The van der Waals surface area contributed by atoms with Gasteiger partial charge in [0.1, 0.15) is 11.6 Å². The highest BCUT2D eigenvalue weighted by Crippen LogP contribution is 2.23. The largest absolute Gasteiger partial charge is 0.396 e. The van der Waals surface area contributed by atoms with E-state index in [0.29, 0.717) is 24.6 Å². The van der Waals surface area contributed by atoms with Gasteiger partial charge in [0.25, 0.3) is 5.91 Å². The lowest BCUT2D eigenvalue weighted by Crippen LogP contribution is -2.29. The fourth-order valence-corrected chi connectivity index (χ4v) is 3.39. The maximum absolute atomic E-state index is 13.6. The van der Waals surface area contributed by atoms with Crippen LogP contribution in [0.1, 0.15) is 22.6 Å². The van der Waals surface area contributed by atoms with Gasteiger partial charge < -0.3 is 10.6 Å². The number of nitrogens with zero attached hydrogens (tertiary/aromatic N) is 3. The molecule has 0 saturated carbocycles. The highest BCUT2D eigenvalue weighted by atomic mass is 19.1. The number of aromatic nitrogens is 2. The number of likely N-dealkylation sites (tertiary alicyclic amines) is 1. The molecular weight excluding hydrogens is 331 g/mol. The van der Waals surface area contributed by atoms with Gasteiger partial charge in [0.15, 0.2) is 0 Å². The minimum absolute atomic E-state index is 0.0503. The smallest absolute Gasteiger partial charge is 0.253 e. The van der Waals surface area contributed by atoms with Gasteiger partial charge in [0.2, 0.25) is 0 Å². The van der Waals surface area contributed by atoms with E-state index in [1.807, 2.05) is 30.5 Å². The van der Waals surface area contributed by atoms with Crippen molar-refractivity contribution in [2.24, 2.45) is 5.92 Å². The monoisotopic (exact) mass is 350 g/mol. The Labute approximate surface area is 150 Å². The number of benzene rings is 2. The summed E-state index contributed by atoms with van der Waals surface area (Å²) >= 11 is 0. The van der Waals surface area contributed by atoms with Crippen LogP contribution in [0, 0.1) is 11.7 Å². The van der Waals surface area contributed by atoms with Crippen molar-refractivity contribution < 1.29 is 9.18 Å². The Bertz CT molecular complexity index is 975. The van der Waals surface area contributed by atoms with Gasteiger partial charge in [-0.25, -0.2) is 14.4 Å². The van der Waals surface area contributed by atoms with Crippen LogP contribution in [-0.2, 0) is 6.42 Å². The van der Waals surface area contributed by atoms with E-state index in [1.165, 1.54) is 12.1 Å². The molecule has 1 fully saturated rings. The number of carbonyl (C=O) groups is 1.